The zero-order chi connectivity index (χ0) is 16.4. The fourth-order valence-corrected chi connectivity index (χ4v) is 2.42. The smallest absolute Gasteiger partial charge is 0.208 e. The molecule has 0 saturated carbocycles. The average Bonchev–Trinajstić information content (AvgIpc) is 3.09. The van der Waals surface area contributed by atoms with Crippen LogP contribution < -0.4 is 5.73 Å². The number of aromatic nitrogens is 4. The minimum absolute atomic E-state index is 0.0513. The third-order valence-electron chi connectivity index (χ3n) is 3.70. The minimum Gasteiger partial charge on any atom is -0.388 e. The molecule has 3 heterocycles. The van der Waals surface area contributed by atoms with E-state index in [1.54, 1.807) is 4.57 Å². The Labute approximate surface area is 133 Å². The number of hydrogen-bond acceptors (Lipinski definition) is 7. The van der Waals surface area contributed by atoms with E-state index in [-0.39, 0.29) is 12.4 Å². The summed E-state index contributed by atoms with van der Waals surface area (Å²) in [6, 6.07) is 0. The lowest BCUT2D eigenvalue weighted by Gasteiger charge is -2.16. The molecular weight excluding hydrogens is 298 g/mol. The summed E-state index contributed by atoms with van der Waals surface area (Å²) in [4.78, 5) is 12.7. The van der Waals surface area contributed by atoms with Crippen LogP contribution in [0.4, 0.5) is 5.82 Å². The zero-order valence-corrected chi connectivity index (χ0v) is 12.8. The van der Waals surface area contributed by atoms with Gasteiger partial charge in [-0.05, 0) is 12.3 Å². The summed E-state index contributed by atoms with van der Waals surface area (Å²) < 4.78 is 6.96. The second-order valence-electron chi connectivity index (χ2n) is 5.44. The van der Waals surface area contributed by atoms with Crippen LogP contribution in [0.5, 0.6) is 0 Å². The number of anilines is 1. The van der Waals surface area contributed by atoms with E-state index in [2.05, 4.69) is 33.7 Å². The molecule has 1 fully saturated rings. The monoisotopic (exact) mass is 317 g/mol. The highest BCUT2D eigenvalue weighted by Crippen LogP contribution is 2.28. The summed E-state index contributed by atoms with van der Waals surface area (Å²) in [5.41, 5.74) is 6.76. The Bertz CT molecular complexity index is 764. The molecule has 0 aromatic carbocycles. The number of aliphatic hydroxyl groups is 2. The molecule has 3 rings (SSSR count). The van der Waals surface area contributed by atoms with Crippen LogP contribution in [0, 0.1) is 11.8 Å². The van der Waals surface area contributed by atoms with Crippen molar-refractivity contribution in [3.63, 3.8) is 0 Å². The predicted octanol–water partition coefficient (Wildman–Crippen LogP) is 0.201. The van der Waals surface area contributed by atoms with Gasteiger partial charge in [0, 0.05) is 6.42 Å². The molecule has 23 heavy (non-hydrogen) atoms. The van der Waals surface area contributed by atoms with E-state index in [9.17, 15) is 10.2 Å². The summed E-state index contributed by atoms with van der Waals surface area (Å²) in [5.74, 6) is 6.43. The highest BCUT2D eigenvalue weighted by Gasteiger charge is 2.37. The number of nitrogens with zero attached hydrogens (tertiary/aromatic N) is 4. The number of imidazole rings is 1. The Hall–Kier alpha value is -2.21. The van der Waals surface area contributed by atoms with Gasteiger partial charge in [0.05, 0.1) is 12.9 Å². The van der Waals surface area contributed by atoms with Gasteiger partial charge in [-0.2, -0.15) is 0 Å². The molecule has 4 N–H and O–H groups in total. The van der Waals surface area contributed by atoms with Crippen LogP contribution in [0.15, 0.2) is 6.33 Å². The molecular formula is C15H19N5O3. The van der Waals surface area contributed by atoms with E-state index in [0.717, 1.165) is 19.3 Å². The Balaban J connectivity index is 1.97. The van der Waals surface area contributed by atoms with E-state index in [1.165, 1.54) is 6.33 Å². The minimum atomic E-state index is -1.05. The van der Waals surface area contributed by atoms with Crippen LogP contribution in [0.25, 0.3) is 11.2 Å². The third kappa shape index (κ3) is 2.99. The molecule has 3 atom stereocenters. The lowest BCUT2D eigenvalue weighted by atomic mass is 10.2. The van der Waals surface area contributed by atoms with Gasteiger partial charge >= 0.3 is 0 Å². The van der Waals surface area contributed by atoms with Crippen LogP contribution in [-0.2, 0) is 4.74 Å². The van der Waals surface area contributed by atoms with Gasteiger partial charge in [0.1, 0.15) is 17.7 Å². The van der Waals surface area contributed by atoms with Crippen LogP contribution >= 0.6 is 0 Å². The lowest BCUT2D eigenvalue weighted by Crippen LogP contribution is -2.28. The molecule has 1 saturated heterocycles. The SMILES string of the molecule is CCCCC#Cc1nc(N)c2ncn([C@@H]3OCC(O)C3O)c2n1. The third-order valence-corrected chi connectivity index (χ3v) is 3.70. The fraction of sp³-hybridized carbons (Fsp3) is 0.533. The second kappa shape index (κ2) is 6.50. The van der Waals surface area contributed by atoms with Gasteiger partial charge in [-0.1, -0.05) is 19.3 Å². The number of nitrogen functional groups attached to an aromatic ring is 1. The topological polar surface area (TPSA) is 119 Å². The van der Waals surface area contributed by atoms with Gasteiger partial charge in [-0.25, -0.2) is 15.0 Å². The Morgan fingerprint density at radius 3 is 2.96 bits per heavy atom. The van der Waals surface area contributed by atoms with Gasteiger partial charge in [0.2, 0.25) is 5.82 Å². The van der Waals surface area contributed by atoms with E-state index in [1.807, 2.05) is 0 Å². The Kier molecular flexibility index (Phi) is 4.43. The van der Waals surface area contributed by atoms with Crippen LogP contribution in [0.1, 0.15) is 38.2 Å². The summed E-state index contributed by atoms with van der Waals surface area (Å²) in [5, 5.41) is 19.6. The number of fused-ring (bicyclic) bond motifs is 1. The molecule has 1 aliphatic heterocycles. The largest absolute Gasteiger partial charge is 0.388 e. The molecule has 0 aliphatic carbocycles. The van der Waals surface area contributed by atoms with E-state index in [4.69, 9.17) is 10.5 Å². The van der Waals surface area contributed by atoms with Gasteiger partial charge in [-0.15, -0.1) is 0 Å². The van der Waals surface area contributed by atoms with Crippen molar-refractivity contribution >= 4 is 17.0 Å². The normalized spacial score (nSPS) is 23.9. The standard InChI is InChI=1S/C15H19N5O3/c1-2-3-4-5-6-10-18-13(16)11-14(19-10)20(8-17-11)15-12(22)9(21)7-23-15/h8-9,12,15,21-22H,2-4,7H2,1H3,(H2,16,18,19)/t9?,12?,15-/m1/s1. The number of rotatable bonds is 3. The van der Waals surface area contributed by atoms with Gasteiger partial charge in [0.25, 0.3) is 0 Å². The first-order valence-corrected chi connectivity index (χ1v) is 7.58. The van der Waals surface area contributed by atoms with Crippen LogP contribution in [-0.4, -0.2) is 48.5 Å². The summed E-state index contributed by atoms with van der Waals surface area (Å²) in [7, 11) is 0. The van der Waals surface area contributed by atoms with Crippen molar-refractivity contribution in [1.29, 1.82) is 0 Å². The van der Waals surface area contributed by atoms with Gasteiger partial charge in [-0.3, -0.25) is 4.57 Å². The summed E-state index contributed by atoms with van der Waals surface area (Å²) >= 11 is 0. The predicted molar refractivity (Wildman–Crippen MR) is 83.1 cm³/mol. The molecule has 0 spiro atoms. The maximum Gasteiger partial charge on any atom is 0.208 e. The zero-order valence-electron chi connectivity index (χ0n) is 12.8. The molecule has 2 aromatic rings. The summed E-state index contributed by atoms with van der Waals surface area (Å²) in [6.07, 6.45) is 1.58. The molecule has 122 valence electrons. The first kappa shape index (κ1) is 15.7. The van der Waals surface area contributed by atoms with Crippen molar-refractivity contribution in [2.45, 2.75) is 44.6 Å². The molecule has 2 aromatic heterocycles. The lowest BCUT2D eigenvalue weighted by molar-refractivity contribution is -0.0162. The summed E-state index contributed by atoms with van der Waals surface area (Å²) in [6.45, 7) is 2.15. The Morgan fingerprint density at radius 1 is 1.43 bits per heavy atom. The maximum atomic E-state index is 10.0. The van der Waals surface area contributed by atoms with E-state index < -0.39 is 18.4 Å². The van der Waals surface area contributed by atoms with E-state index in [0.29, 0.717) is 17.0 Å². The fourth-order valence-electron chi connectivity index (χ4n) is 2.42. The first-order valence-electron chi connectivity index (χ1n) is 7.58. The molecule has 8 nitrogen and oxygen atoms in total. The van der Waals surface area contributed by atoms with Crippen molar-refractivity contribution in [2.24, 2.45) is 0 Å². The van der Waals surface area contributed by atoms with Crippen molar-refractivity contribution in [2.75, 3.05) is 12.3 Å². The molecule has 1 aliphatic rings. The number of aliphatic hydroxyl groups excluding tert-OH is 2. The van der Waals surface area contributed by atoms with Crippen molar-refractivity contribution in [1.82, 2.24) is 19.5 Å². The quantitative estimate of drug-likeness (QED) is 0.546. The van der Waals surface area contributed by atoms with Crippen LogP contribution in [0.3, 0.4) is 0 Å². The van der Waals surface area contributed by atoms with Crippen molar-refractivity contribution < 1.29 is 14.9 Å². The highest BCUT2D eigenvalue weighted by atomic mass is 16.5. The molecule has 0 radical (unpaired) electrons. The van der Waals surface area contributed by atoms with Gasteiger partial charge in [0.15, 0.2) is 17.7 Å². The second-order valence-corrected chi connectivity index (χ2v) is 5.44. The van der Waals surface area contributed by atoms with E-state index >= 15 is 0 Å². The Morgan fingerprint density at radius 2 is 2.26 bits per heavy atom. The highest BCUT2D eigenvalue weighted by molar-refractivity contribution is 5.82. The maximum absolute atomic E-state index is 10.0. The average molecular weight is 317 g/mol. The number of ether oxygens (including phenoxy) is 1. The molecule has 2 unspecified atom stereocenters. The van der Waals surface area contributed by atoms with Gasteiger partial charge < -0.3 is 20.7 Å². The number of hydrogen-bond donors (Lipinski definition) is 3. The first-order chi connectivity index (χ1) is 11.1. The number of nitrogens with two attached hydrogens (primary N) is 1. The van der Waals surface area contributed by atoms with Crippen LogP contribution in [0.2, 0.25) is 0 Å². The van der Waals surface area contributed by atoms with Crippen molar-refractivity contribution in [3.8, 4) is 11.8 Å². The number of unbranched alkanes of at least 4 members (excludes halogenated alkanes) is 2. The molecule has 0 amide bonds. The molecule has 0 bridgehead atoms. The van der Waals surface area contributed by atoms with Crippen molar-refractivity contribution in [3.05, 3.63) is 12.2 Å². The molecule has 8 heteroatoms.